The number of unbranched alkanes of at least 4 members (excludes halogenated alkanes) is 30. The van der Waals surface area contributed by atoms with Gasteiger partial charge in [0.2, 0.25) is 0 Å². The van der Waals surface area contributed by atoms with Crippen molar-refractivity contribution in [3.8, 4) is 0 Å². The summed E-state index contributed by atoms with van der Waals surface area (Å²) in [6, 6.07) is 0. The van der Waals surface area contributed by atoms with E-state index in [9.17, 15) is 14.4 Å². The number of carbonyl (C=O) groups is 3. The van der Waals surface area contributed by atoms with E-state index >= 15 is 0 Å². The van der Waals surface area contributed by atoms with Crippen LogP contribution in [0.15, 0.2) is 60.8 Å². The van der Waals surface area contributed by atoms with E-state index in [-0.39, 0.29) is 37.5 Å². The Bertz CT molecular complexity index is 1180. The van der Waals surface area contributed by atoms with Gasteiger partial charge in [0.25, 0.3) is 0 Å². The quantitative estimate of drug-likeness (QED) is 0.0199. The average molecular weight is 909 g/mol. The Labute approximate surface area is 402 Å². The summed E-state index contributed by atoms with van der Waals surface area (Å²) >= 11 is 0. The molecular weight excluding hydrogens is 805 g/mol. The second kappa shape index (κ2) is 53.7. The third-order valence-corrected chi connectivity index (χ3v) is 12.0. The van der Waals surface area contributed by atoms with Crippen LogP contribution in [0.4, 0.5) is 0 Å². The molecule has 6 heteroatoms. The molecule has 0 fully saturated rings. The SMILES string of the molecule is CCCCC/C=C\C=C/CCCCCCCCCCCCC(=O)OCC(COC(=O)CCCCCCCCCCCCC)OC(=O)CCC/C=C\C/C=C\C/C=C\CCCCCCCC. The first kappa shape index (κ1) is 62.1. The van der Waals surface area contributed by atoms with Crippen molar-refractivity contribution in [2.75, 3.05) is 13.2 Å². The van der Waals surface area contributed by atoms with Crippen LogP contribution in [-0.4, -0.2) is 37.2 Å². The Morgan fingerprint density at radius 3 is 1.03 bits per heavy atom. The zero-order valence-corrected chi connectivity index (χ0v) is 43.0. The lowest BCUT2D eigenvalue weighted by Gasteiger charge is -2.18. The normalized spacial score (nSPS) is 12.5. The van der Waals surface area contributed by atoms with Gasteiger partial charge in [-0.15, -0.1) is 0 Å². The van der Waals surface area contributed by atoms with Crippen molar-refractivity contribution >= 4 is 17.9 Å². The molecule has 0 aliphatic rings. The zero-order valence-electron chi connectivity index (χ0n) is 43.0. The summed E-state index contributed by atoms with van der Waals surface area (Å²) in [5, 5.41) is 0. The Balaban J connectivity index is 4.40. The maximum absolute atomic E-state index is 12.8. The molecule has 65 heavy (non-hydrogen) atoms. The Morgan fingerprint density at radius 2 is 0.615 bits per heavy atom. The minimum Gasteiger partial charge on any atom is -0.462 e. The molecule has 0 rings (SSSR count). The molecule has 0 aromatic heterocycles. The van der Waals surface area contributed by atoms with E-state index in [1.54, 1.807) is 0 Å². The first-order chi connectivity index (χ1) is 32.0. The fraction of sp³-hybridized carbons (Fsp3) is 0.780. The van der Waals surface area contributed by atoms with Crippen LogP contribution >= 0.6 is 0 Å². The highest BCUT2D eigenvalue weighted by Gasteiger charge is 2.19. The summed E-state index contributed by atoms with van der Waals surface area (Å²) in [7, 11) is 0. The van der Waals surface area contributed by atoms with Crippen LogP contribution in [0.1, 0.15) is 278 Å². The lowest BCUT2D eigenvalue weighted by molar-refractivity contribution is -0.167. The highest BCUT2D eigenvalue weighted by molar-refractivity contribution is 5.71. The number of hydrogen-bond donors (Lipinski definition) is 0. The van der Waals surface area contributed by atoms with Gasteiger partial charge in [-0.05, 0) is 77.0 Å². The van der Waals surface area contributed by atoms with Crippen LogP contribution in [0.2, 0.25) is 0 Å². The van der Waals surface area contributed by atoms with Gasteiger partial charge < -0.3 is 14.2 Å². The lowest BCUT2D eigenvalue weighted by atomic mass is 10.1. The molecule has 0 aromatic carbocycles. The Kier molecular flexibility index (Phi) is 51.3. The predicted octanol–water partition coefficient (Wildman–Crippen LogP) is 18.4. The van der Waals surface area contributed by atoms with E-state index in [0.29, 0.717) is 19.3 Å². The van der Waals surface area contributed by atoms with Crippen molar-refractivity contribution in [3.05, 3.63) is 60.8 Å². The van der Waals surface area contributed by atoms with Gasteiger partial charge in [-0.25, -0.2) is 0 Å². The predicted molar refractivity (Wildman–Crippen MR) is 279 cm³/mol. The summed E-state index contributed by atoms with van der Waals surface area (Å²) in [6.07, 6.45) is 66.4. The van der Waals surface area contributed by atoms with E-state index in [2.05, 4.69) is 81.5 Å². The highest BCUT2D eigenvalue weighted by Crippen LogP contribution is 2.15. The minimum absolute atomic E-state index is 0.0930. The molecule has 0 bridgehead atoms. The molecule has 0 aliphatic heterocycles. The van der Waals surface area contributed by atoms with Gasteiger partial charge in [0.05, 0.1) is 0 Å². The number of rotatable bonds is 50. The van der Waals surface area contributed by atoms with Crippen molar-refractivity contribution < 1.29 is 28.6 Å². The standard InChI is InChI=1S/C59H104O6/c1-4-7-10-13-16-19-22-24-26-28-29-31-32-34-37-40-43-46-49-52-58(61)64-55-56(54-63-57(60)51-48-45-42-39-36-21-18-15-12-9-6-3)65-59(62)53-50-47-44-41-38-35-33-30-27-25-23-20-17-14-11-8-5-2/h16,19,22,24-25,27,33,35,41,44,56H,4-15,17-18,20-21,23,26,28-32,34,36-40,42-43,45-55H2,1-3H3/b19-16-,24-22-,27-25-,35-33-,44-41-. The molecule has 1 atom stereocenters. The number of ether oxygens (including phenoxy) is 3. The summed E-state index contributed by atoms with van der Waals surface area (Å²) in [5.41, 5.74) is 0. The van der Waals surface area contributed by atoms with Crippen molar-refractivity contribution in [2.24, 2.45) is 0 Å². The summed E-state index contributed by atoms with van der Waals surface area (Å²) in [4.78, 5) is 38.0. The first-order valence-corrected chi connectivity index (χ1v) is 27.8. The van der Waals surface area contributed by atoms with Gasteiger partial charge in [0.15, 0.2) is 6.10 Å². The smallest absolute Gasteiger partial charge is 0.306 e. The van der Waals surface area contributed by atoms with Crippen molar-refractivity contribution in [1.82, 2.24) is 0 Å². The van der Waals surface area contributed by atoms with E-state index in [4.69, 9.17) is 14.2 Å². The van der Waals surface area contributed by atoms with E-state index in [1.807, 2.05) is 0 Å². The largest absolute Gasteiger partial charge is 0.462 e. The van der Waals surface area contributed by atoms with Crippen molar-refractivity contribution in [1.29, 1.82) is 0 Å². The van der Waals surface area contributed by atoms with E-state index in [0.717, 1.165) is 57.8 Å². The molecule has 6 nitrogen and oxygen atoms in total. The number of esters is 3. The molecule has 0 N–H and O–H groups in total. The van der Waals surface area contributed by atoms with Crippen LogP contribution in [-0.2, 0) is 28.6 Å². The maximum Gasteiger partial charge on any atom is 0.306 e. The van der Waals surface area contributed by atoms with Gasteiger partial charge in [0, 0.05) is 19.3 Å². The maximum atomic E-state index is 12.8. The molecule has 0 amide bonds. The molecule has 1 unspecified atom stereocenters. The van der Waals surface area contributed by atoms with Gasteiger partial charge in [-0.2, -0.15) is 0 Å². The van der Waals surface area contributed by atoms with Crippen LogP contribution in [0.5, 0.6) is 0 Å². The number of carbonyl (C=O) groups excluding carboxylic acids is 3. The molecule has 0 heterocycles. The fourth-order valence-corrected chi connectivity index (χ4v) is 7.80. The Hall–Kier alpha value is -2.89. The van der Waals surface area contributed by atoms with Gasteiger partial charge >= 0.3 is 17.9 Å². The minimum atomic E-state index is -0.799. The zero-order chi connectivity index (χ0) is 47.2. The third kappa shape index (κ3) is 51.9. The molecule has 0 aliphatic carbocycles. The van der Waals surface area contributed by atoms with Gasteiger partial charge in [-0.3, -0.25) is 14.4 Å². The number of hydrogen-bond acceptors (Lipinski definition) is 6. The molecular formula is C59H104O6. The summed E-state index contributed by atoms with van der Waals surface area (Å²) < 4.78 is 16.8. The third-order valence-electron chi connectivity index (χ3n) is 12.0. The topological polar surface area (TPSA) is 78.9 Å². The number of allylic oxidation sites excluding steroid dienone is 10. The van der Waals surface area contributed by atoms with Crippen LogP contribution < -0.4 is 0 Å². The van der Waals surface area contributed by atoms with Gasteiger partial charge in [0.1, 0.15) is 13.2 Å². The van der Waals surface area contributed by atoms with Crippen LogP contribution in [0.25, 0.3) is 0 Å². The van der Waals surface area contributed by atoms with E-state index < -0.39 is 6.10 Å². The van der Waals surface area contributed by atoms with Crippen molar-refractivity contribution in [2.45, 2.75) is 284 Å². The van der Waals surface area contributed by atoms with Crippen LogP contribution in [0.3, 0.4) is 0 Å². The second-order valence-corrected chi connectivity index (χ2v) is 18.5. The summed E-state index contributed by atoms with van der Waals surface area (Å²) in [5.74, 6) is -0.942. The second-order valence-electron chi connectivity index (χ2n) is 18.5. The molecule has 0 spiro atoms. The van der Waals surface area contributed by atoms with Crippen LogP contribution in [0, 0.1) is 0 Å². The Morgan fingerprint density at radius 1 is 0.323 bits per heavy atom. The fourth-order valence-electron chi connectivity index (χ4n) is 7.80. The molecule has 0 radical (unpaired) electrons. The molecule has 0 aromatic rings. The molecule has 0 saturated heterocycles. The summed E-state index contributed by atoms with van der Waals surface area (Å²) in [6.45, 7) is 6.57. The van der Waals surface area contributed by atoms with E-state index in [1.165, 1.54) is 173 Å². The average Bonchev–Trinajstić information content (AvgIpc) is 3.30. The van der Waals surface area contributed by atoms with Crippen molar-refractivity contribution in [3.63, 3.8) is 0 Å². The first-order valence-electron chi connectivity index (χ1n) is 27.8. The van der Waals surface area contributed by atoms with Gasteiger partial charge in [-0.1, -0.05) is 242 Å². The highest BCUT2D eigenvalue weighted by atomic mass is 16.6. The molecule has 376 valence electrons. The monoisotopic (exact) mass is 909 g/mol. The lowest BCUT2D eigenvalue weighted by Crippen LogP contribution is -2.30. The molecule has 0 saturated carbocycles.